The van der Waals surface area contributed by atoms with Crippen molar-refractivity contribution < 1.29 is 19.4 Å². The quantitative estimate of drug-likeness (QED) is 0.829. The number of methoxy groups -OCH3 is 1. The first-order chi connectivity index (χ1) is 9.04. The van der Waals surface area contributed by atoms with Gasteiger partial charge in [-0.05, 0) is 43.7 Å². The molecule has 0 amide bonds. The average Bonchev–Trinajstić information content (AvgIpc) is 3.22. The van der Waals surface area contributed by atoms with E-state index in [0.717, 1.165) is 11.1 Å². The first-order valence-electron chi connectivity index (χ1n) is 6.53. The molecule has 104 valence electrons. The highest BCUT2D eigenvalue weighted by Gasteiger charge is 2.26. The summed E-state index contributed by atoms with van der Waals surface area (Å²) >= 11 is 0. The van der Waals surface area contributed by atoms with Gasteiger partial charge in [0.2, 0.25) is 0 Å². The van der Waals surface area contributed by atoms with Crippen LogP contribution in [0, 0.1) is 19.8 Å². The molecule has 2 rings (SSSR count). The molecule has 0 spiro atoms. The van der Waals surface area contributed by atoms with Crippen LogP contribution in [0.25, 0.3) is 0 Å². The SMILES string of the molecule is COC(=O)C(O)c1ccc(C)c(C)c1OCC1CC1. The minimum Gasteiger partial charge on any atom is -0.493 e. The Kier molecular flexibility index (Phi) is 4.10. The van der Waals surface area contributed by atoms with Crippen LogP contribution >= 0.6 is 0 Å². The van der Waals surface area contributed by atoms with Crippen LogP contribution in [0.5, 0.6) is 5.75 Å². The average molecular weight is 264 g/mol. The molecule has 1 atom stereocenters. The molecule has 1 N–H and O–H groups in total. The second-order valence-electron chi connectivity index (χ2n) is 5.11. The van der Waals surface area contributed by atoms with E-state index in [-0.39, 0.29) is 0 Å². The van der Waals surface area contributed by atoms with Gasteiger partial charge in [0.1, 0.15) is 5.75 Å². The number of ether oxygens (including phenoxy) is 2. The standard InChI is InChI=1S/C15H20O4/c1-9-4-7-12(13(16)15(17)18-3)14(10(9)2)19-8-11-5-6-11/h4,7,11,13,16H,5-6,8H2,1-3H3. The molecule has 0 heterocycles. The molecular formula is C15H20O4. The van der Waals surface area contributed by atoms with Crippen LogP contribution in [0.2, 0.25) is 0 Å². The van der Waals surface area contributed by atoms with Gasteiger partial charge in [-0.15, -0.1) is 0 Å². The summed E-state index contributed by atoms with van der Waals surface area (Å²) in [5.74, 6) is 0.562. The second kappa shape index (κ2) is 5.61. The highest BCUT2D eigenvalue weighted by Crippen LogP contribution is 2.35. The zero-order valence-corrected chi connectivity index (χ0v) is 11.6. The lowest BCUT2D eigenvalue weighted by atomic mass is 10.0. The summed E-state index contributed by atoms with van der Waals surface area (Å²) in [4.78, 5) is 11.5. The summed E-state index contributed by atoms with van der Waals surface area (Å²) in [6.07, 6.45) is 1.10. The molecule has 1 aliphatic rings. The lowest BCUT2D eigenvalue weighted by molar-refractivity contribution is -0.150. The van der Waals surface area contributed by atoms with E-state index in [1.165, 1.54) is 20.0 Å². The number of carbonyl (C=O) groups excluding carboxylic acids is 1. The summed E-state index contributed by atoms with van der Waals surface area (Å²) in [7, 11) is 1.26. The van der Waals surface area contributed by atoms with Crippen molar-refractivity contribution in [2.45, 2.75) is 32.8 Å². The molecule has 1 saturated carbocycles. The Bertz CT molecular complexity index is 477. The second-order valence-corrected chi connectivity index (χ2v) is 5.11. The van der Waals surface area contributed by atoms with Gasteiger partial charge in [-0.25, -0.2) is 4.79 Å². The van der Waals surface area contributed by atoms with Crippen LogP contribution in [0.4, 0.5) is 0 Å². The van der Waals surface area contributed by atoms with Crippen molar-refractivity contribution in [2.75, 3.05) is 13.7 Å². The Morgan fingerprint density at radius 2 is 2.11 bits per heavy atom. The van der Waals surface area contributed by atoms with Gasteiger partial charge in [-0.2, -0.15) is 0 Å². The van der Waals surface area contributed by atoms with Crippen LogP contribution in [0.3, 0.4) is 0 Å². The predicted molar refractivity (Wildman–Crippen MR) is 71.1 cm³/mol. The van der Waals surface area contributed by atoms with Gasteiger partial charge in [0, 0.05) is 5.56 Å². The Balaban J connectivity index is 2.29. The summed E-state index contributed by atoms with van der Waals surface area (Å²) in [6, 6.07) is 3.60. The molecule has 1 aromatic carbocycles. The predicted octanol–water partition coefficient (Wildman–Crippen LogP) is 2.30. The van der Waals surface area contributed by atoms with Crippen molar-refractivity contribution in [3.8, 4) is 5.75 Å². The summed E-state index contributed by atoms with van der Waals surface area (Å²) in [5, 5.41) is 10.0. The first-order valence-corrected chi connectivity index (χ1v) is 6.53. The highest BCUT2D eigenvalue weighted by atomic mass is 16.5. The number of aliphatic hydroxyl groups is 1. The molecule has 0 bridgehead atoms. The van der Waals surface area contributed by atoms with E-state index in [2.05, 4.69) is 4.74 Å². The fourth-order valence-corrected chi connectivity index (χ4v) is 1.94. The van der Waals surface area contributed by atoms with Crippen molar-refractivity contribution in [3.05, 3.63) is 28.8 Å². The number of aliphatic hydroxyl groups excluding tert-OH is 1. The molecule has 0 aliphatic heterocycles. The maximum atomic E-state index is 11.5. The van der Waals surface area contributed by atoms with Crippen molar-refractivity contribution in [2.24, 2.45) is 5.92 Å². The van der Waals surface area contributed by atoms with Crippen LogP contribution in [0.15, 0.2) is 12.1 Å². The lowest BCUT2D eigenvalue weighted by Gasteiger charge is -2.18. The van der Waals surface area contributed by atoms with E-state index in [1.807, 2.05) is 19.9 Å². The van der Waals surface area contributed by atoms with E-state index in [1.54, 1.807) is 6.07 Å². The minimum absolute atomic E-state index is 0.482. The van der Waals surface area contributed by atoms with Crippen molar-refractivity contribution in [1.29, 1.82) is 0 Å². The number of hydrogen-bond acceptors (Lipinski definition) is 4. The number of benzene rings is 1. The highest BCUT2D eigenvalue weighted by molar-refractivity contribution is 5.77. The number of rotatable bonds is 5. The van der Waals surface area contributed by atoms with Gasteiger partial charge in [0.25, 0.3) is 0 Å². The van der Waals surface area contributed by atoms with E-state index in [0.29, 0.717) is 23.8 Å². The molecule has 1 aromatic rings. The fourth-order valence-electron chi connectivity index (χ4n) is 1.94. The van der Waals surface area contributed by atoms with Gasteiger partial charge in [-0.1, -0.05) is 12.1 Å². The third-order valence-corrected chi connectivity index (χ3v) is 3.59. The maximum absolute atomic E-state index is 11.5. The summed E-state index contributed by atoms with van der Waals surface area (Å²) in [6.45, 7) is 4.56. The zero-order chi connectivity index (χ0) is 14.0. The Hall–Kier alpha value is -1.55. The van der Waals surface area contributed by atoms with Gasteiger partial charge in [-0.3, -0.25) is 0 Å². The van der Waals surface area contributed by atoms with Crippen LogP contribution in [-0.2, 0) is 9.53 Å². The van der Waals surface area contributed by atoms with Crippen molar-refractivity contribution >= 4 is 5.97 Å². The third kappa shape index (κ3) is 3.07. The summed E-state index contributed by atoms with van der Waals surface area (Å²) < 4.78 is 10.4. The molecule has 0 saturated heterocycles. The Morgan fingerprint density at radius 3 is 2.68 bits per heavy atom. The number of hydrogen-bond donors (Lipinski definition) is 1. The molecule has 4 heteroatoms. The van der Waals surface area contributed by atoms with Crippen LogP contribution < -0.4 is 4.74 Å². The molecule has 1 unspecified atom stereocenters. The Morgan fingerprint density at radius 1 is 1.42 bits per heavy atom. The maximum Gasteiger partial charge on any atom is 0.339 e. The number of carbonyl (C=O) groups is 1. The monoisotopic (exact) mass is 264 g/mol. The molecular weight excluding hydrogens is 244 g/mol. The van der Waals surface area contributed by atoms with Gasteiger partial charge < -0.3 is 14.6 Å². The van der Waals surface area contributed by atoms with Crippen LogP contribution in [-0.4, -0.2) is 24.8 Å². The zero-order valence-electron chi connectivity index (χ0n) is 11.6. The van der Waals surface area contributed by atoms with Gasteiger partial charge >= 0.3 is 5.97 Å². The van der Waals surface area contributed by atoms with Crippen molar-refractivity contribution in [1.82, 2.24) is 0 Å². The molecule has 0 aromatic heterocycles. The van der Waals surface area contributed by atoms with E-state index >= 15 is 0 Å². The topological polar surface area (TPSA) is 55.8 Å². The normalized spacial score (nSPS) is 16.0. The molecule has 0 radical (unpaired) electrons. The third-order valence-electron chi connectivity index (χ3n) is 3.59. The Labute approximate surface area is 113 Å². The lowest BCUT2D eigenvalue weighted by Crippen LogP contribution is -2.16. The molecule has 1 fully saturated rings. The smallest absolute Gasteiger partial charge is 0.339 e. The number of aryl methyl sites for hydroxylation is 1. The van der Waals surface area contributed by atoms with Crippen LogP contribution in [0.1, 0.15) is 35.6 Å². The largest absolute Gasteiger partial charge is 0.493 e. The summed E-state index contributed by atoms with van der Waals surface area (Å²) in [5.41, 5.74) is 2.52. The molecule has 19 heavy (non-hydrogen) atoms. The molecule has 1 aliphatic carbocycles. The minimum atomic E-state index is -1.29. The van der Waals surface area contributed by atoms with E-state index in [4.69, 9.17) is 4.74 Å². The molecule has 4 nitrogen and oxygen atoms in total. The van der Waals surface area contributed by atoms with E-state index < -0.39 is 12.1 Å². The van der Waals surface area contributed by atoms with Crippen molar-refractivity contribution in [3.63, 3.8) is 0 Å². The van der Waals surface area contributed by atoms with Gasteiger partial charge in [0.05, 0.1) is 13.7 Å². The van der Waals surface area contributed by atoms with Gasteiger partial charge in [0.15, 0.2) is 6.10 Å². The fraction of sp³-hybridized carbons (Fsp3) is 0.533. The number of esters is 1. The van der Waals surface area contributed by atoms with E-state index in [9.17, 15) is 9.90 Å². The first kappa shape index (κ1) is 13.9.